The molecule has 20 heavy (non-hydrogen) atoms. The molecule has 112 valence electrons. The molecule has 1 aromatic heterocycles. The van der Waals surface area contributed by atoms with Gasteiger partial charge < -0.3 is 4.74 Å². The molecular weight excluding hydrogens is 252 g/mol. The molecule has 0 amide bonds. The fraction of sp³-hybridized carbons (Fsp3) is 0.800. The summed E-state index contributed by atoms with van der Waals surface area (Å²) in [6, 6.07) is 3.01. The van der Waals surface area contributed by atoms with Crippen molar-refractivity contribution in [2.45, 2.75) is 69.6 Å². The summed E-state index contributed by atoms with van der Waals surface area (Å²) in [6.07, 6.45) is 11.9. The summed E-state index contributed by atoms with van der Waals surface area (Å²) in [4.78, 5) is 0. The van der Waals surface area contributed by atoms with Crippen molar-refractivity contribution in [2.75, 3.05) is 6.61 Å². The van der Waals surface area contributed by atoms with E-state index in [1.807, 2.05) is 0 Å². The molecule has 3 N–H and O–H groups in total. The predicted octanol–water partition coefficient (Wildman–Crippen LogP) is 1.94. The molecule has 5 nitrogen and oxygen atoms in total. The number of hydrogen-bond donors (Lipinski definition) is 2. The molecule has 1 saturated heterocycles. The van der Waals surface area contributed by atoms with Gasteiger partial charge in [-0.3, -0.25) is 16.0 Å². The number of hydrogen-bond acceptors (Lipinski definition) is 4. The van der Waals surface area contributed by atoms with Crippen molar-refractivity contribution >= 4 is 0 Å². The van der Waals surface area contributed by atoms with Crippen LogP contribution in [0.15, 0.2) is 12.3 Å². The summed E-state index contributed by atoms with van der Waals surface area (Å²) >= 11 is 0. The second-order valence-corrected chi connectivity index (χ2v) is 6.16. The van der Waals surface area contributed by atoms with Crippen molar-refractivity contribution in [3.05, 3.63) is 18.0 Å². The standard InChI is InChI=1S/C15H26N4O/c16-17-13(11-15-6-3-9-20-15)10-12-7-8-19(18-12)14-4-1-2-5-14/h7-8,13-15,17H,1-6,9-11,16H2. The second kappa shape index (κ2) is 6.70. The van der Waals surface area contributed by atoms with Crippen LogP contribution in [-0.2, 0) is 11.2 Å². The topological polar surface area (TPSA) is 65.1 Å². The number of rotatable bonds is 6. The van der Waals surface area contributed by atoms with Gasteiger partial charge in [0.1, 0.15) is 0 Å². The zero-order valence-corrected chi connectivity index (χ0v) is 12.1. The van der Waals surface area contributed by atoms with Gasteiger partial charge in [0.05, 0.1) is 17.8 Å². The zero-order chi connectivity index (χ0) is 13.8. The van der Waals surface area contributed by atoms with E-state index in [0.717, 1.165) is 31.6 Å². The van der Waals surface area contributed by atoms with Gasteiger partial charge in [0, 0.05) is 25.3 Å². The molecule has 2 heterocycles. The molecule has 0 spiro atoms. The van der Waals surface area contributed by atoms with Gasteiger partial charge >= 0.3 is 0 Å². The van der Waals surface area contributed by atoms with E-state index < -0.39 is 0 Å². The van der Waals surface area contributed by atoms with E-state index in [1.165, 1.54) is 32.1 Å². The molecule has 1 aliphatic heterocycles. The van der Waals surface area contributed by atoms with Crippen LogP contribution in [0.3, 0.4) is 0 Å². The highest BCUT2D eigenvalue weighted by Crippen LogP contribution is 2.28. The number of nitrogens with zero attached hydrogens (tertiary/aromatic N) is 2. The van der Waals surface area contributed by atoms with Crippen molar-refractivity contribution in [3.63, 3.8) is 0 Å². The lowest BCUT2D eigenvalue weighted by molar-refractivity contribution is 0.0945. The van der Waals surface area contributed by atoms with E-state index in [0.29, 0.717) is 12.1 Å². The van der Waals surface area contributed by atoms with Gasteiger partial charge in [-0.05, 0) is 38.2 Å². The average Bonchev–Trinajstić information content (AvgIpc) is 3.20. The van der Waals surface area contributed by atoms with Crippen LogP contribution in [0, 0.1) is 0 Å². The van der Waals surface area contributed by atoms with Gasteiger partial charge in [0.2, 0.25) is 0 Å². The Balaban J connectivity index is 1.54. The maximum absolute atomic E-state index is 5.69. The first-order valence-electron chi connectivity index (χ1n) is 7.97. The van der Waals surface area contributed by atoms with Gasteiger partial charge in [-0.2, -0.15) is 5.10 Å². The summed E-state index contributed by atoms with van der Waals surface area (Å²) in [5.41, 5.74) is 4.06. The lowest BCUT2D eigenvalue weighted by Gasteiger charge is -2.18. The Morgan fingerprint density at radius 2 is 2.20 bits per heavy atom. The first kappa shape index (κ1) is 14.0. The molecule has 0 bridgehead atoms. The summed E-state index contributed by atoms with van der Waals surface area (Å²) < 4.78 is 7.84. The van der Waals surface area contributed by atoms with Crippen molar-refractivity contribution in [1.29, 1.82) is 0 Å². The Morgan fingerprint density at radius 3 is 2.90 bits per heavy atom. The minimum absolute atomic E-state index is 0.255. The number of nitrogens with two attached hydrogens (primary N) is 1. The zero-order valence-electron chi connectivity index (χ0n) is 12.1. The summed E-state index contributed by atoms with van der Waals surface area (Å²) in [7, 11) is 0. The van der Waals surface area contributed by atoms with Crippen LogP contribution in [0.1, 0.15) is 56.7 Å². The monoisotopic (exact) mass is 278 g/mol. The normalized spacial score (nSPS) is 25.4. The van der Waals surface area contributed by atoms with Gasteiger partial charge in [0.15, 0.2) is 0 Å². The maximum Gasteiger partial charge on any atom is 0.0640 e. The molecule has 2 atom stereocenters. The van der Waals surface area contributed by atoms with E-state index in [9.17, 15) is 0 Å². The van der Waals surface area contributed by atoms with Crippen molar-refractivity contribution in [2.24, 2.45) is 5.84 Å². The Morgan fingerprint density at radius 1 is 1.35 bits per heavy atom. The SMILES string of the molecule is NNC(Cc1ccn(C2CCCC2)n1)CC1CCCO1. The molecule has 0 aromatic carbocycles. The molecule has 3 rings (SSSR count). The van der Waals surface area contributed by atoms with Gasteiger partial charge in [0.25, 0.3) is 0 Å². The fourth-order valence-corrected chi connectivity index (χ4v) is 3.47. The summed E-state index contributed by atoms with van der Waals surface area (Å²) in [5.74, 6) is 5.69. The highest BCUT2D eigenvalue weighted by Gasteiger charge is 2.22. The molecule has 1 aliphatic carbocycles. The Kier molecular flexibility index (Phi) is 4.70. The molecular formula is C15H26N4O. The molecule has 2 fully saturated rings. The van der Waals surface area contributed by atoms with Crippen molar-refractivity contribution < 1.29 is 4.74 Å². The van der Waals surface area contributed by atoms with Gasteiger partial charge in [-0.15, -0.1) is 0 Å². The van der Waals surface area contributed by atoms with Crippen molar-refractivity contribution in [1.82, 2.24) is 15.2 Å². The first-order valence-corrected chi connectivity index (χ1v) is 7.97. The van der Waals surface area contributed by atoms with Gasteiger partial charge in [-0.25, -0.2) is 0 Å². The van der Waals surface area contributed by atoms with Gasteiger partial charge in [-0.1, -0.05) is 12.8 Å². The van der Waals surface area contributed by atoms with E-state index >= 15 is 0 Å². The molecule has 0 radical (unpaired) electrons. The molecule has 2 unspecified atom stereocenters. The highest BCUT2D eigenvalue weighted by molar-refractivity contribution is 5.03. The minimum atomic E-state index is 0.255. The number of aromatic nitrogens is 2. The van der Waals surface area contributed by atoms with E-state index in [1.54, 1.807) is 0 Å². The quantitative estimate of drug-likeness (QED) is 0.616. The third-order valence-corrected chi connectivity index (χ3v) is 4.63. The van der Waals surface area contributed by atoms with Crippen LogP contribution < -0.4 is 11.3 Å². The average molecular weight is 278 g/mol. The van der Waals surface area contributed by atoms with E-state index in [2.05, 4.69) is 22.4 Å². The van der Waals surface area contributed by atoms with Crippen LogP contribution in [0.5, 0.6) is 0 Å². The first-order chi connectivity index (χ1) is 9.85. The van der Waals surface area contributed by atoms with Crippen LogP contribution in [0.25, 0.3) is 0 Å². The fourth-order valence-electron chi connectivity index (χ4n) is 3.47. The van der Waals surface area contributed by atoms with Crippen LogP contribution in [-0.4, -0.2) is 28.5 Å². The number of nitrogens with one attached hydrogen (secondary N) is 1. The van der Waals surface area contributed by atoms with E-state index in [-0.39, 0.29) is 6.04 Å². The lowest BCUT2D eigenvalue weighted by Crippen LogP contribution is -2.39. The predicted molar refractivity (Wildman–Crippen MR) is 78.1 cm³/mol. The smallest absolute Gasteiger partial charge is 0.0640 e. The third kappa shape index (κ3) is 3.40. The lowest BCUT2D eigenvalue weighted by atomic mass is 10.0. The maximum atomic E-state index is 5.69. The van der Waals surface area contributed by atoms with Crippen LogP contribution in [0.2, 0.25) is 0 Å². The molecule has 1 aromatic rings. The van der Waals surface area contributed by atoms with Crippen LogP contribution >= 0.6 is 0 Å². The second-order valence-electron chi connectivity index (χ2n) is 6.16. The Bertz CT molecular complexity index is 408. The van der Waals surface area contributed by atoms with E-state index in [4.69, 9.17) is 15.7 Å². The summed E-state index contributed by atoms with van der Waals surface area (Å²) in [6.45, 7) is 0.901. The third-order valence-electron chi connectivity index (χ3n) is 4.63. The van der Waals surface area contributed by atoms with Crippen LogP contribution in [0.4, 0.5) is 0 Å². The minimum Gasteiger partial charge on any atom is -0.378 e. The summed E-state index contributed by atoms with van der Waals surface area (Å²) in [5, 5.41) is 4.73. The molecule has 1 saturated carbocycles. The molecule has 2 aliphatic rings. The largest absolute Gasteiger partial charge is 0.378 e. The Labute approximate surface area is 120 Å². The number of ether oxygens (including phenoxy) is 1. The number of hydrazine groups is 1. The van der Waals surface area contributed by atoms with Crippen molar-refractivity contribution in [3.8, 4) is 0 Å². The Hall–Kier alpha value is -0.910. The molecule has 5 heteroatoms. The highest BCUT2D eigenvalue weighted by atomic mass is 16.5.